The van der Waals surface area contributed by atoms with Gasteiger partial charge in [0.1, 0.15) is 6.54 Å². The molecule has 1 aliphatic rings. The van der Waals surface area contributed by atoms with E-state index in [1.54, 1.807) is 12.1 Å². The molecule has 0 radical (unpaired) electrons. The zero-order chi connectivity index (χ0) is 18.6. The van der Waals surface area contributed by atoms with Crippen LogP contribution in [0, 0.1) is 5.92 Å². The molecule has 1 unspecified atom stereocenters. The number of amides is 1. The highest BCUT2D eigenvalue weighted by atomic mass is 16.4. The quantitative estimate of drug-likeness (QED) is 0.743. The molecule has 1 heterocycles. The number of carbonyl (C=O) groups excluding carboxylic acids is 1. The van der Waals surface area contributed by atoms with Crippen LogP contribution in [0.2, 0.25) is 0 Å². The van der Waals surface area contributed by atoms with Gasteiger partial charge in [0, 0.05) is 0 Å². The summed E-state index contributed by atoms with van der Waals surface area (Å²) in [7, 11) is 0. The highest BCUT2D eigenvalue weighted by Gasteiger charge is 2.27. The Morgan fingerprint density at radius 1 is 1.04 bits per heavy atom. The summed E-state index contributed by atoms with van der Waals surface area (Å²) in [5.41, 5.74) is 2.27. The molecule has 0 saturated heterocycles. The SMILES string of the molecule is O=C(Cn1c(=O)oc2ccccc21)NC(c1ccccc1)C1CCCCC1. The number of benzene rings is 2. The monoisotopic (exact) mass is 364 g/mol. The second kappa shape index (κ2) is 7.82. The van der Waals surface area contributed by atoms with Crippen molar-refractivity contribution in [2.45, 2.75) is 44.7 Å². The smallest absolute Gasteiger partial charge is 0.408 e. The molecule has 0 aliphatic heterocycles. The first kappa shape index (κ1) is 17.6. The normalized spacial score (nSPS) is 16.3. The van der Waals surface area contributed by atoms with Gasteiger partial charge in [-0.25, -0.2) is 4.79 Å². The number of nitrogens with zero attached hydrogens (tertiary/aromatic N) is 1. The van der Waals surface area contributed by atoms with Crippen molar-refractivity contribution in [1.29, 1.82) is 0 Å². The van der Waals surface area contributed by atoms with Crippen molar-refractivity contribution in [2.75, 3.05) is 0 Å². The Hall–Kier alpha value is -2.82. The number of para-hydroxylation sites is 2. The molecule has 5 heteroatoms. The summed E-state index contributed by atoms with van der Waals surface area (Å²) in [6.45, 7) is -0.0358. The molecule has 1 aliphatic carbocycles. The molecule has 1 atom stereocenters. The topological polar surface area (TPSA) is 64.2 Å². The predicted octanol–water partition coefficient (Wildman–Crippen LogP) is 4.03. The van der Waals surface area contributed by atoms with Crippen molar-refractivity contribution in [1.82, 2.24) is 9.88 Å². The van der Waals surface area contributed by atoms with E-state index in [4.69, 9.17) is 4.42 Å². The lowest BCUT2D eigenvalue weighted by atomic mass is 9.81. The van der Waals surface area contributed by atoms with Gasteiger partial charge >= 0.3 is 5.76 Å². The van der Waals surface area contributed by atoms with E-state index in [-0.39, 0.29) is 18.5 Å². The zero-order valence-corrected chi connectivity index (χ0v) is 15.3. The van der Waals surface area contributed by atoms with E-state index < -0.39 is 5.76 Å². The molecular weight excluding hydrogens is 340 g/mol. The third-order valence-corrected chi connectivity index (χ3v) is 5.47. The van der Waals surface area contributed by atoms with Gasteiger partial charge in [-0.05, 0) is 36.5 Å². The average molecular weight is 364 g/mol. The lowest BCUT2D eigenvalue weighted by Gasteiger charge is -2.31. The van der Waals surface area contributed by atoms with Gasteiger partial charge in [0.15, 0.2) is 5.58 Å². The van der Waals surface area contributed by atoms with Crippen molar-refractivity contribution in [3.05, 3.63) is 70.7 Å². The maximum atomic E-state index is 12.8. The van der Waals surface area contributed by atoms with Crippen LogP contribution in [0.25, 0.3) is 11.1 Å². The second-order valence-electron chi connectivity index (χ2n) is 7.28. The highest BCUT2D eigenvalue weighted by Crippen LogP contribution is 2.34. The number of fused-ring (bicyclic) bond motifs is 1. The Bertz CT molecular complexity index is 968. The first-order valence-electron chi connectivity index (χ1n) is 9.65. The first-order valence-corrected chi connectivity index (χ1v) is 9.65. The van der Waals surface area contributed by atoms with Crippen LogP contribution in [-0.2, 0) is 11.3 Å². The van der Waals surface area contributed by atoms with Gasteiger partial charge in [0.25, 0.3) is 0 Å². The van der Waals surface area contributed by atoms with Crippen molar-refractivity contribution in [3.8, 4) is 0 Å². The molecule has 1 fully saturated rings. The van der Waals surface area contributed by atoms with Gasteiger partial charge in [-0.3, -0.25) is 9.36 Å². The lowest BCUT2D eigenvalue weighted by Crippen LogP contribution is -2.37. The van der Waals surface area contributed by atoms with Crippen LogP contribution in [0.3, 0.4) is 0 Å². The minimum Gasteiger partial charge on any atom is -0.408 e. The lowest BCUT2D eigenvalue weighted by molar-refractivity contribution is -0.123. The number of hydrogen-bond donors (Lipinski definition) is 1. The Labute approximate surface area is 158 Å². The van der Waals surface area contributed by atoms with Crippen molar-refractivity contribution < 1.29 is 9.21 Å². The molecule has 3 aromatic rings. The average Bonchev–Trinajstić information content (AvgIpc) is 3.03. The van der Waals surface area contributed by atoms with E-state index in [0.717, 1.165) is 18.4 Å². The van der Waals surface area contributed by atoms with Crippen molar-refractivity contribution in [2.24, 2.45) is 5.92 Å². The molecule has 27 heavy (non-hydrogen) atoms. The molecular formula is C22H24N2O3. The Morgan fingerprint density at radius 2 is 1.74 bits per heavy atom. The summed E-state index contributed by atoms with van der Waals surface area (Å²) in [5, 5.41) is 3.19. The summed E-state index contributed by atoms with van der Waals surface area (Å²) in [6, 6.07) is 17.3. The molecule has 1 amide bonds. The van der Waals surface area contributed by atoms with E-state index >= 15 is 0 Å². The van der Waals surface area contributed by atoms with E-state index in [9.17, 15) is 9.59 Å². The van der Waals surface area contributed by atoms with Crippen LogP contribution in [0.5, 0.6) is 0 Å². The molecule has 1 N–H and O–H groups in total. The maximum absolute atomic E-state index is 12.8. The van der Waals surface area contributed by atoms with Crippen LogP contribution in [0.4, 0.5) is 0 Å². The summed E-state index contributed by atoms with van der Waals surface area (Å²) in [4.78, 5) is 25.0. The number of oxazole rings is 1. The molecule has 4 rings (SSSR count). The fraction of sp³-hybridized carbons (Fsp3) is 0.364. The predicted molar refractivity (Wildman–Crippen MR) is 104 cm³/mol. The molecule has 5 nitrogen and oxygen atoms in total. The van der Waals surface area contributed by atoms with Gasteiger partial charge in [-0.2, -0.15) is 0 Å². The number of carbonyl (C=O) groups is 1. The number of rotatable bonds is 5. The van der Waals surface area contributed by atoms with Crippen LogP contribution < -0.4 is 11.1 Å². The van der Waals surface area contributed by atoms with Crippen molar-refractivity contribution >= 4 is 17.0 Å². The third-order valence-electron chi connectivity index (χ3n) is 5.47. The Kier molecular flexibility index (Phi) is 5.10. The number of hydrogen-bond acceptors (Lipinski definition) is 3. The Morgan fingerprint density at radius 3 is 2.52 bits per heavy atom. The molecule has 2 aromatic carbocycles. The van der Waals surface area contributed by atoms with Crippen LogP contribution in [0.1, 0.15) is 43.7 Å². The van der Waals surface area contributed by atoms with Crippen LogP contribution >= 0.6 is 0 Å². The van der Waals surface area contributed by atoms with Gasteiger partial charge in [-0.1, -0.05) is 61.7 Å². The van der Waals surface area contributed by atoms with Crippen LogP contribution in [-0.4, -0.2) is 10.5 Å². The summed E-state index contributed by atoms with van der Waals surface area (Å²) in [6.07, 6.45) is 5.91. The van der Waals surface area contributed by atoms with Gasteiger partial charge in [0.2, 0.25) is 5.91 Å². The fourth-order valence-corrected chi connectivity index (χ4v) is 4.13. The zero-order valence-electron chi connectivity index (χ0n) is 15.3. The molecule has 1 aromatic heterocycles. The number of nitrogens with one attached hydrogen (secondary N) is 1. The Balaban J connectivity index is 1.56. The molecule has 0 spiro atoms. The second-order valence-corrected chi connectivity index (χ2v) is 7.28. The third kappa shape index (κ3) is 3.82. The highest BCUT2D eigenvalue weighted by molar-refractivity contribution is 5.79. The van der Waals surface area contributed by atoms with Crippen molar-refractivity contribution in [3.63, 3.8) is 0 Å². The fourth-order valence-electron chi connectivity index (χ4n) is 4.13. The minimum absolute atomic E-state index is 0.0205. The van der Waals surface area contributed by atoms with Gasteiger partial charge in [-0.15, -0.1) is 0 Å². The summed E-state index contributed by atoms with van der Waals surface area (Å²) in [5.74, 6) is -0.230. The molecule has 0 bridgehead atoms. The van der Waals surface area contributed by atoms with E-state index in [2.05, 4.69) is 17.4 Å². The van der Waals surface area contributed by atoms with Gasteiger partial charge in [0.05, 0.1) is 11.6 Å². The summed E-state index contributed by atoms with van der Waals surface area (Å²) < 4.78 is 6.63. The first-order chi connectivity index (χ1) is 13.2. The molecule has 140 valence electrons. The maximum Gasteiger partial charge on any atom is 0.420 e. The summed E-state index contributed by atoms with van der Waals surface area (Å²) >= 11 is 0. The van der Waals surface area contributed by atoms with Crippen LogP contribution in [0.15, 0.2) is 63.8 Å². The van der Waals surface area contributed by atoms with E-state index in [0.29, 0.717) is 17.0 Å². The minimum atomic E-state index is -0.500. The molecule has 1 saturated carbocycles. The standard InChI is InChI=1S/C22H24N2O3/c25-20(15-24-18-13-7-8-14-19(18)27-22(24)26)23-21(16-9-3-1-4-10-16)17-11-5-2-6-12-17/h1,3-4,7-10,13-14,17,21H,2,5-6,11-12,15H2,(H,23,25). The number of aromatic nitrogens is 1. The van der Waals surface area contributed by atoms with Gasteiger partial charge < -0.3 is 9.73 Å². The largest absolute Gasteiger partial charge is 0.420 e. The van der Waals surface area contributed by atoms with E-state index in [1.165, 1.54) is 23.8 Å². The van der Waals surface area contributed by atoms with E-state index in [1.807, 2.05) is 30.3 Å².